The lowest BCUT2D eigenvalue weighted by Crippen LogP contribution is -2.26. The van der Waals surface area contributed by atoms with Crippen molar-refractivity contribution in [2.24, 2.45) is 0 Å². The van der Waals surface area contributed by atoms with Crippen LogP contribution in [0.2, 0.25) is 0 Å². The van der Waals surface area contributed by atoms with Crippen molar-refractivity contribution in [2.75, 3.05) is 7.05 Å². The Kier molecular flexibility index (Phi) is 4.76. The number of Topliss-reactive ketones (excluding diaryl/α,β-unsaturated/α-hetero) is 1. The molecule has 1 atom stereocenters. The first-order valence-corrected chi connectivity index (χ1v) is 3.32. The number of ketones is 1. The van der Waals surface area contributed by atoms with Gasteiger partial charge in [-0.25, -0.2) is 0 Å². The predicted octanol–water partition coefficient (Wildman–Crippen LogP) is 0.142. The van der Waals surface area contributed by atoms with Gasteiger partial charge in [0.25, 0.3) is 0 Å². The quantitative estimate of drug-likeness (QED) is 0.557. The molecular formula is C7H13NO2. The smallest absolute Gasteiger partial charge is 0.136 e. The fourth-order valence-corrected chi connectivity index (χ4v) is 0.639. The second-order valence-electron chi connectivity index (χ2n) is 2.27. The molecule has 10 heavy (non-hydrogen) atoms. The maximum atomic E-state index is 10.4. The third-order valence-corrected chi connectivity index (χ3v) is 1.34. The van der Waals surface area contributed by atoms with E-state index in [2.05, 4.69) is 5.32 Å². The van der Waals surface area contributed by atoms with E-state index in [9.17, 15) is 9.59 Å². The average molecular weight is 143 g/mol. The van der Waals surface area contributed by atoms with Crippen LogP contribution >= 0.6 is 0 Å². The first-order valence-electron chi connectivity index (χ1n) is 3.32. The van der Waals surface area contributed by atoms with Crippen LogP contribution in [-0.2, 0) is 9.59 Å². The summed E-state index contributed by atoms with van der Waals surface area (Å²) in [5.41, 5.74) is 0. The summed E-state index contributed by atoms with van der Waals surface area (Å²) >= 11 is 0. The average Bonchev–Trinajstić information content (AvgIpc) is 1.90. The summed E-state index contributed by atoms with van der Waals surface area (Å²) in [7, 11) is 1.71. The van der Waals surface area contributed by atoms with E-state index in [1.165, 1.54) is 6.92 Å². The molecule has 0 amide bonds. The molecule has 0 aliphatic rings. The number of hydrogen-bond acceptors (Lipinski definition) is 3. The van der Waals surface area contributed by atoms with E-state index in [-0.39, 0.29) is 11.8 Å². The van der Waals surface area contributed by atoms with Crippen LogP contribution in [0, 0.1) is 0 Å². The summed E-state index contributed by atoms with van der Waals surface area (Å²) < 4.78 is 0. The lowest BCUT2D eigenvalue weighted by molar-refractivity contribution is -0.117. The Balaban J connectivity index is 3.44. The first-order chi connectivity index (χ1) is 4.70. The lowest BCUT2D eigenvalue weighted by Gasteiger charge is -2.05. The number of carbonyl (C=O) groups excluding carboxylic acids is 2. The molecule has 0 aromatic carbocycles. The van der Waals surface area contributed by atoms with Gasteiger partial charge in [0.05, 0.1) is 6.04 Å². The Labute approximate surface area is 60.8 Å². The Morgan fingerprint density at radius 3 is 2.60 bits per heavy atom. The van der Waals surface area contributed by atoms with Crippen molar-refractivity contribution in [2.45, 2.75) is 25.8 Å². The molecule has 0 fully saturated rings. The fourth-order valence-electron chi connectivity index (χ4n) is 0.639. The monoisotopic (exact) mass is 143 g/mol. The lowest BCUT2D eigenvalue weighted by atomic mass is 10.1. The molecule has 0 saturated carbocycles. The van der Waals surface area contributed by atoms with Crippen molar-refractivity contribution < 1.29 is 9.59 Å². The molecule has 0 spiro atoms. The van der Waals surface area contributed by atoms with Gasteiger partial charge >= 0.3 is 0 Å². The number of hydrogen-bond donors (Lipinski definition) is 1. The second kappa shape index (κ2) is 5.11. The molecular weight excluding hydrogens is 130 g/mol. The molecule has 0 aromatic heterocycles. The third-order valence-electron chi connectivity index (χ3n) is 1.34. The number of nitrogens with one attached hydrogen (secondary N) is 1. The van der Waals surface area contributed by atoms with Gasteiger partial charge in [0.15, 0.2) is 0 Å². The van der Waals surface area contributed by atoms with Crippen molar-refractivity contribution in [3.63, 3.8) is 0 Å². The molecule has 3 nitrogen and oxygen atoms in total. The molecule has 0 radical (unpaired) electrons. The van der Waals surface area contributed by atoms with Gasteiger partial charge in [0.2, 0.25) is 0 Å². The second-order valence-corrected chi connectivity index (χ2v) is 2.27. The van der Waals surface area contributed by atoms with Gasteiger partial charge in [-0.05, 0) is 20.4 Å². The zero-order chi connectivity index (χ0) is 7.98. The van der Waals surface area contributed by atoms with E-state index < -0.39 is 0 Å². The van der Waals surface area contributed by atoms with E-state index in [4.69, 9.17) is 0 Å². The van der Waals surface area contributed by atoms with Gasteiger partial charge in [-0.15, -0.1) is 0 Å². The number of aldehydes is 1. The largest absolute Gasteiger partial charge is 0.311 e. The topological polar surface area (TPSA) is 46.2 Å². The highest BCUT2D eigenvalue weighted by atomic mass is 16.1. The number of rotatable bonds is 5. The molecule has 0 aromatic rings. The molecule has 0 heterocycles. The highest BCUT2D eigenvalue weighted by molar-refractivity contribution is 5.76. The normalized spacial score (nSPS) is 12.6. The van der Waals surface area contributed by atoms with Crippen molar-refractivity contribution in [3.8, 4) is 0 Å². The maximum absolute atomic E-state index is 10.4. The van der Waals surface area contributed by atoms with Crippen molar-refractivity contribution in [1.82, 2.24) is 5.32 Å². The minimum absolute atomic E-state index is 0.127. The molecule has 1 N–H and O–H groups in total. The molecule has 0 bridgehead atoms. The fraction of sp³-hybridized carbons (Fsp3) is 0.714. The van der Waals surface area contributed by atoms with Gasteiger partial charge in [-0.3, -0.25) is 0 Å². The summed E-state index contributed by atoms with van der Waals surface area (Å²) in [6, 6.07) is -0.163. The van der Waals surface area contributed by atoms with Crippen LogP contribution in [0.4, 0.5) is 0 Å². The highest BCUT2D eigenvalue weighted by Gasteiger charge is 2.03. The van der Waals surface area contributed by atoms with Crippen LogP contribution in [0.3, 0.4) is 0 Å². The van der Waals surface area contributed by atoms with Crippen LogP contribution < -0.4 is 5.32 Å². The van der Waals surface area contributed by atoms with Gasteiger partial charge < -0.3 is 14.9 Å². The molecule has 0 rings (SSSR count). The van der Waals surface area contributed by atoms with E-state index in [0.29, 0.717) is 12.8 Å². The minimum Gasteiger partial charge on any atom is -0.311 e. The van der Waals surface area contributed by atoms with Crippen LogP contribution in [-0.4, -0.2) is 25.2 Å². The Morgan fingerprint density at radius 1 is 1.70 bits per heavy atom. The van der Waals surface area contributed by atoms with Crippen LogP contribution in [0.5, 0.6) is 0 Å². The Bertz CT molecular complexity index is 123. The zero-order valence-electron chi connectivity index (χ0n) is 6.39. The zero-order valence-corrected chi connectivity index (χ0v) is 6.39. The summed E-state index contributed by atoms with van der Waals surface area (Å²) in [5, 5.41) is 2.79. The molecule has 3 heteroatoms. The van der Waals surface area contributed by atoms with Crippen molar-refractivity contribution in [1.29, 1.82) is 0 Å². The Morgan fingerprint density at radius 2 is 2.30 bits per heavy atom. The van der Waals surface area contributed by atoms with Crippen molar-refractivity contribution >= 4 is 12.1 Å². The maximum Gasteiger partial charge on any atom is 0.136 e. The first kappa shape index (κ1) is 9.30. The van der Waals surface area contributed by atoms with Crippen LogP contribution in [0.25, 0.3) is 0 Å². The van der Waals surface area contributed by atoms with Gasteiger partial charge in [0.1, 0.15) is 12.1 Å². The summed E-state index contributed by atoms with van der Waals surface area (Å²) in [4.78, 5) is 20.6. The van der Waals surface area contributed by atoms with E-state index in [0.717, 1.165) is 6.29 Å². The SMILES string of the molecule is CNC(C=O)CCC(C)=O. The standard InChI is InChI=1S/C7H13NO2/c1-6(10)3-4-7(5-9)8-2/h5,7-8H,3-4H2,1-2H3. The molecule has 0 aliphatic carbocycles. The number of carbonyl (C=O) groups is 2. The summed E-state index contributed by atoms with van der Waals surface area (Å²) in [6.45, 7) is 1.53. The third kappa shape index (κ3) is 4.21. The van der Waals surface area contributed by atoms with Gasteiger partial charge in [-0.1, -0.05) is 0 Å². The van der Waals surface area contributed by atoms with E-state index in [1.54, 1.807) is 7.05 Å². The van der Waals surface area contributed by atoms with E-state index >= 15 is 0 Å². The van der Waals surface area contributed by atoms with Crippen LogP contribution in [0.1, 0.15) is 19.8 Å². The van der Waals surface area contributed by atoms with Gasteiger partial charge in [-0.2, -0.15) is 0 Å². The van der Waals surface area contributed by atoms with Crippen LogP contribution in [0.15, 0.2) is 0 Å². The van der Waals surface area contributed by atoms with Gasteiger partial charge in [0, 0.05) is 6.42 Å². The predicted molar refractivity (Wildman–Crippen MR) is 38.8 cm³/mol. The molecule has 1 unspecified atom stereocenters. The molecule has 58 valence electrons. The van der Waals surface area contributed by atoms with Crippen molar-refractivity contribution in [3.05, 3.63) is 0 Å². The highest BCUT2D eigenvalue weighted by Crippen LogP contribution is 1.93. The molecule has 0 aliphatic heterocycles. The minimum atomic E-state index is -0.163. The molecule has 0 saturated heterocycles. The number of likely N-dealkylation sites (N-methyl/N-ethyl adjacent to an activating group) is 1. The summed E-state index contributed by atoms with van der Waals surface area (Å²) in [6.07, 6.45) is 1.91. The summed E-state index contributed by atoms with van der Waals surface area (Å²) in [5.74, 6) is 0.127. The Hall–Kier alpha value is -0.700. The van der Waals surface area contributed by atoms with E-state index in [1.807, 2.05) is 0 Å².